The molecular weight excluding hydrogens is 452 g/mol. The van der Waals surface area contributed by atoms with Crippen LogP contribution in [0.25, 0.3) is 0 Å². The standard InChI is InChI=1S/C23H30N4O2.C2H2O4/c28-27(29)23-8-6-21(7-9-23)19-25-14-16-26(17-15-25)22-10-12-24(13-11-22)18-20-4-2-1-3-5-20;3-1(4)2(5)6/h1-9,22H,10-19H2;(H,3,4)(H,5,6). The lowest BCUT2D eigenvalue weighted by molar-refractivity contribution is -0.384. The molecular formula is C25H32N4O6. The van der Waals surface area contributed by atoms with E-state index in [1.54, 1.807) is 12.1 Å². The number of benzene rings is 2. The number of likely N-dealkylation sites (tertiary alicyclic amines) is 1. The first-order valence-corrected chi connectivity index (χ1v) is 11.7. The van der Waals surface area contributed by atoms with Gasteiger partial charge in [-0.05, 0) is 37.1 Å². The normalized spacial score (nSPS) is 17.8. The molecule has 2 N–H and O–H groups in total. The number of nitro groups is 1. The Bertz CT molecular complexity index is 957. The molecule has 10 nitrogen and oxygen atoms in total. The minimum absolute atomic E-state index is 0.164. The fraction of sp³-hybridized carbons (Fsp3) is 0.440. The molecule has 0 saturated carbocycles. The summed E-state index contributed by atoms with van der Waals surface area (Å²) in [6.45, 7) is 8.69. The topological polar surface area (TPSA) is 127 Å². The molecule has 2 aromatic rings. The molecule has 0 amide bonds. The van der Waals surface area contributed by atoms with E-state index in [0.29, 0.717) is 6.04 Å². The van der Waals surface area contributed by atoms with Crippen LogP contribution in [0, 0.1) is 10.1 Å². The van der Waals surface area contributed by atoms with Gasteiger partial charge in [0.15, 0.2) is 0 Å². The van der Waals surface area contributed by atoms with E-state index in [4.69, 9.17) is 19.8 Å². The van der Waals surface area contributed by atoms with Gasteiger partial charge in [0.05, 0.1) is 4.92 Å². The van der Waals surface area contributed by atoms with E-state index in [9.17, 15) is 10.1 Å². The largest absolute Gasteiger partial charge is 0.473 e. The highest BCUT2D eigenvalue weighted by Gasteiger charge is 2.27. The van der Waals surface area contributed by atoms with Gasteiger partial charge in [0.1, 0.15) is 0 Å². The minimum atomic E-state index is -1.82. The molecule has 0 atom stereocenters. The number of hydrogen-bond donors (Lipinski definition) is 2. The Morgan fingerprint density at radius 2 is 1.26 bits per heavy atom. The van der Waals surface area contributed by atoms with E-state index in [0.717, 1.165) is 44.8 Å². The van der Waals surface area contributed by atoms with Crippen molar-refractivity contribution in [3.63, 3.8) is 0 Å². The average molecular weight is 485 g/mol. The molecule has 0 spiro atoms. The molecule has 0 radical (unpaired) electrons. The lowest BCUT2D eigenvalue weighted by Gasteiger charge is -2.42. The van der Waals surface area contributed by atoms with Crippen molar-refractivity contribution in [3.8, 4) is 0 Å². The summed E-state index contributed by atoms with van der Waals surface area (Å²) in [6, 6.07) is 18.5. The van der Waals surface area contributed by atoms with Gasteiger partial charge in [0.25, 0.3) is 5.69 Å². The number of hydrogen-bond acceptors (Lipinski definition) is 7. The molecule has 2 aliphatic heterocycles. The summed E-state index contributed by atoms with van der Waals surface area (Å²) >= 11 is 0. The van der Waals surface area contributed by atoms with E-state index in [1.165, 1.54) is 31.5 Å². The second kappa shape index (κ2) is 12.9. The minimum Gasteiger partial charge on any atom is -0.473 e. The number of piperidine rings is 1. The molecule has 35 heavy (non-hydrogen) atoms. The summed E-state index contributed by atoms with van der Waals surface area (Å²) in [4.78, 5) is 36.4. The van der Waals surface area contributed by atoms with Crippen LogP contribution >= 0.6 is 0 Å². The van der Waals surface area contributed by atoms with Crippen molar-refractivity contribution in [2.24, 2.45) is 0 Å². The van der Waals surface area contributed by atoms with Crippen molar-refractivity contribution in [3.05, 3.63) is 75.8 Å². The maximum atomic E-state index is 10.8. The van der Waals surface area contributed by atoms with Crippen molar-refractivity contribution in [1.82, 2.24) is 14.7 Å². The van der Waals surface area contributed by atoms with E-state index < -0.39 is 11.9 Å². The smallest absolute Gasteiger partial charge is 0.414 e. The van der Waals surface area contributed by atoms with Crippen molar-refractivity contribution < 1.29 is 24.7 Å². The quantitative estimate of drug-likeness (QED) is 0.361. The number of nitro benzene ring substituents is 1. The van der Waals surface area contributed by atoms with Crippen molar-refractivity contribution in [2.45, 2.75) is 32.0 Å². The van der Waals surface area contributed by atoms with Crippen LogP contribution in [0.5, 0.6) is 0 Å². The summed E-state index contributed by atoms with van der Waals surface area (Å²) in [7, 11) is 0. The van der Waals surface area contributed by atoms with E-state index in [1.807, 2.05) is 12.1 Å². The molecule has 2 aliphatic rings. The van der Waals surface area contributed by atoms with Gasteiger partial charge >= 0.3 is 11.9 Å². The van der Waals surface area contributed by atoms with Crippen LogP contribution in [0.1, 0.15) is 24.0 Å². The second-order valence-corrected chi connectivity index (χ2v) is 8.84. The number of non-ortho nitro benzene ring substituents is 1. The van der Waals surface area contributed by atoms with Gasteiger partial charge in [-0.25, -0.2) is 9.59 Å². The highest BCUT2D eigenvalue weighted by Crippen LogP contribution is 2.21. The van der Waals surface area contributed by atoms with Crippen LogP contribution in [-0.2, 0) is 22.7 Å². The fourth-order valence-electron chi connectivity index (χ4n) is 4.55. The van der Waals surface area contributed by atoms with Crippen LogP contribution < -0.4 is 0 Å². The van der Waals surface area contributed by atoms with Gasteiger partial charge < -0.3 is 10.2 Å². The second-order valence-electron chi connectivity index (χ2n) is 8.84. The molecule has 2 saturated heterocycles. The average Bonchev–Trinajstić information content (AvgIpc) is 2.86. The summed E-state index contributed by atoms with van der Waals surface area (Å²) < 4.78 is 0. The van der Waals surface area contributed by atoms with Crippen molar-refractivity contribution in [2.75, 3.05) is 39.3 Å². The lowest BCUT2D eigenvalue weighted by Crippen LogP contribution is -2.52. The number of carboxylic acid groups (broad SMARTS) is 2. The predicted octanol–water partition coefficient (Wildman–Crippen LogP) is 2.53. The van der Waals surface area contributed by atoms with Crippen LogP contribution in [0.3, 0.4) is 0 Å². The summed E-state index contributed by atoms with van der Waals surface area (Å²) in [5.41, 5.74) is 2.72. The molecule has 2 aromatic carbocycles. The zero-order chi connectivity index (χ0) is 25.2. The Labute approximate surface area is 204 Å². The molecule has 2 heterocycles. The maximum Gasteiger partial charge on any atom is 0.414 e. The van der Waals surface area contributed by atoms with E-state index in [-0.39, 0.29) is 10.6 Å². The Morgan fingerprint density at radius 3 is 1.74 bits per heavy atom. The molecule has 0 unspecified atom stereocenters. The first-order chi connectivity index (χ1) is 16.8. The van der Waals surface area contributed by atoms with Gasteiger partial charge in [0, 0.05) is 57.4 Å². The number of carboxylic acids is 2. The monoisotopic (exact) mass is 484 g/mol. The first-order valence-electron chi connectivity index (χ1n) is 11.7. The number of piperazine rings is 1. The summed E-state index contributed by atoms with van der Waals surface area (Å²) in [6.07, 6.45) is 2.52. The third-order valence-electron chi connectivity index (χ3n) is 6.47. The molecule has 0 bridgehead atoms. The van der Waals surface area contributed by atoms with Gasteiger partial charge in [-0.1, -0.05) is 42.5 Å². The highest BCUT2D eigenvalue weighted by molar-refractivity contribution is 6.27. The number of nitrogens with zero attached hydrogens (tertiary/aromatic N) is 4. The van der Waals surface area contributed by atoms with Crippen LogP contribution in [0.15, 0.2) is 54.6 Å². The van der Waals surface area contributed by atoms with E-state index in [2.05, 4.69) is 45.0 Å². The number of aliphatic carboxylic acids is 2. The number of carbonyl (C=O) groups is 2. The van der Waals surface area contributed by atoms with Crippen molar-refractivity contribution in [1.29, 1.82) is 0 Å². The first kappa shape index (κ1) is 26.3. The zero-order valence-corrected chi connectivity index (χ0v) is 19.7. The summed E-state index contributed by atoms with van der Waals surface area (Å²) in [5.74, 6) is -3.65. The Hall–Kier alpha value is -3.34. The Morgan fingerprint density at radius 1 is 0.771 bits per heavy atom. The Kier molecular flexibility index (Phi) is 9.71. The summed E-state index contributed by atoms with van der Waals surface area (Å²) in [5, 5.41) is 25.6. The van der Waals surface area contributed by atoms with E-state index >= 15 is 0 Å². The van der Waals surface area contributed by atoms with Crippen LogP contribution in [-0.4, -0.2) is 87.1 Å². The SMILES string of the molecule is O=C(O)C(=O)O.O=[N+]([O-])c1ccc(CN2CCN(C3CCN(Cc4ccccc4)CC3)CC2)cc1. The van der Waals surface area contributed by atoms with Crippen LogP contribution in [0.2, 0.25) is 0 Å². The van der Waals surface area contributed by atoms with Crippen LogP contribution in [0.4, 0.5) is 5.69 Å². The predicted molar refractivity (Wildman–Crippen MR) is 130 cm³/mol. The van der Waals surface area contributed by atoms with Crippen molar-refractivity contribution >= 4 is 17.6 Å². The molecule has 4 rings (SSSR count). The molecule has 10 heteroatoms. The third-order valence-corrected chi connectivity index (χ3v) is 6.47. The molecule has 0 aliphatic carbocycles. The molecule has 0 aromatic heterocycles. The third kappa shape index (κ3) is 8.43. The Balaban J connectivity index is 0.000000509. The zero-order valence-electron chi connectivity index (χ0n) is 19.7. The van der Waals surface area contributed by atoms with Gasteiger partial charge in [-0.3, -0.25) is 24.8 Å². The lowest BCUT2D eigenvalue weighted by atomic mass is 10.0. The molecule has 188 valence electrons. The van der Waals surface area contributed by atoms with Gasteiger partial charge in [-0.2, -0.15) is 0 Å². The number of rotatable bonds is 6. The van der Waals surface area contributed by atoms with Gasteiger partial charge in [0.2, 0.25) is 0 Å². The highest BCUT2D eigenvalue weighted by atomic mass is 16.6. The molecule has 2 fully saturated rings. The fourth-order valence-corrected chi connectivity index (χ4v) is 4.55. The maximum absolute atomic E-state index is 10.8. The van der Waals surface area contributed by atoms with Gasteiger partial charge in [-0.15, -0.1) is 0 Å².